The van der Waals surface area contributed by atoms with Crippen molar-refractivity contribution in [3.63, 3.8) is 0 Å². The lowest BCUT2D eigenvalue weighted by molar-refractivity contribution is -0.151. The van der Waals surface area contributed by atoms with Gasteiger partial charge < -0.3 is 10.1 Å². The second-order valence-electron chi connectivity index (χ2n) is 6.28. The van der Waals surface area contributed by atoms with Crippen molar-refractivity contribution < 1.29 is 35.9 Å². The maximum Gasteiger partial charge on any atom is 0.416 e. The van der Waals surface area contributed by atoms with Gasteiger partial charge in [0.2, 0.25) is 10.0 Å². The van der Waals surface area contributed by atoms with Gasteiger partial charge in [-0.05, 0) is 42.8 Å². The van der Waals surface area contributed by atoms with E-state index in [9.17, 15) is 31.2 Å². The average molecular weight is 456 g/mol. The van der Waals surface area contributed by atoms with Crippen molar-refractivity contribution >= 4 is 33.7 Å². The molecule has 0 saturated heterocycles. The van der Waals surface area contributed by atoms with Gasteiger partial charge in [0.25, 0.3) is 5.91 Å². The first-order chi connectivity index (χ1) is 14.5. The zero-order chi connectivity index (χ0) is 23.1. The number of alkyl halides is 3. The zero-order valence-electron chi connectivity index (χ0n) is 16.2. The van der Waals surface area contributed by atoms with E-state index in [1.807, 2.05) is 4.72 Å². The summed E-state index contributed by atoms with van der Waals surface area (Å²) in [5.74, 6) is -1.80. The van der Waals surface area contributed by atoms with Crippen LogP contribution in [0.5, 0.6) is 0 Å². The number of nitrogens with one attached hydrogen (secondary N) is 2. The minimum absolute atomic E-state index is 0.0765. The molecule has 31 heavy (non-hydrogen) atoms. The van der Waals surface area contributed by atoms with Gasteiger partial charge in [-0.1, -0.05) is 30.3 Å². The van der Waals surface area contributed by atoms with Crippen molar-refractivity contribution in [2.24, 2.45) is 0 Å². The molecule has 0 spiro atoms. The molecule has 0 saturated carbocycles. The van der Waals surface area contributed by atoms with Crippen LogP contribution in [0.2, 0.25) is 0 Å². The Kier molecular flexibility index (Phi) is 7.95. The Hall–Kier alpha value is -3.18. The number of hydrogen-bond donors (Lipinski definition) is 2. The molecule has 1 atom stereocenters. The average Bonchev–Trinajstić information content (AvgIpc) is 2.71. The lowest BCUT2D eigenvalue weighted by Gasteiger charge is -2.14. The van der Waals surface area contributed by atoms with Crippen LogP contribution >= 0.6 is 0 Å². The highest BCUT2D eigenvalue weighted by Crippen LogP contribution is 2.29. The summed E-state index contributed by atoms with van der Waals surface area (Å²) in [6, 6.07) is 12.3. The first-order valence-electron chi connectivity index (χ1n) is 8.87. The Morgan fingerprint density at radius 1 is 1.06 bits per heavy atom. The van der Waals surface area contributed by atoms with E-state index in [2.05, 4.69) is 5.32 Å². The Morgan fingerprint density at radius 3 is 2.26 bits per heavy atom. The van der Waals surface area contributed by atoms with Gasteiger partial charge in [0, 0.05) is 11.1 Å². The van der Waals surface area contributed by atoms with Crippen molar-refractivity contribution in [2.75, 3.05) is 11.9 Å². The standard InChI is InChI=1S/C20H19F3N2O5S/c1-14(19(27)25-17-9-7-16(8-10-17)20(21,22)23)30-18(26)13-24-31(28,29)12-11-15-5-3-2-4-6-15/h2-12,14,24H,13H2,1H3,(H,25,27)/b12-11+. The smallest absolute Gasteiger partial charge is 0.416 e. The summed E-state index contributed by atoms with van der Waals surface area (Å²) in [5.41, 5.74) is -0.157. The molecule has 0 aliphatic carbocycles. The normalized spacial score (nSPS) is 13.0. The molecule has 0 fully saturated rings. The molecular formula is C20H19F3N2O5S. The summed E-state index contributed by atoms with van der Waals surface area (Å²) < 4.78 is 68.3. The van der Waals surface area contributed by atoms with Crippen molar-refractivity contribution in [2.45, 2.75) is 19.2 Å². The molecule has 7 nitrogen and oxygen atoms in total. The molecule has 2 aromatic carbocycles. The fourth-order valence-corrected chi connectivity index (χ4v) is 2.97. The highest BCUT2D eigenvalue weighted by molar-refractivity contribution is 7.92. The predicted molar refractivity (Wildman–Crippen MR) is 108 cm³/mol. The second kappa shape index (κ2) is 10.2. The fraction of sp³-hybridized carbons (Fsp3) is 0.200. The number of amides is 1. The fourth-order valence-electron chi connectivity index (χ4n) is 2.22. The van der Waals surface area contributed by atoms with E-state index in [-0.39, 0.29) is 5.69 Å². The van der Waals surface area contributed by atoms with E-state index >= 15 is 0 Å². The van der Waals surface area contributed by atoms with Gasteiger partial charge in [-0.3, -0.25) is 9.59 Å². The van der Waals surface area contributed by atoms with Gasteiger partial charge in [0.05, 0.1) is 5.56 Å². The van der Waals surface area contributed by atoms with Crippen LogP contribution in [0.1, 0.15) is 18.1 Å². The van der Waals surface area contributed by atoms with Crippen LogP contribution in [-0.2, 0) is 30.5 Å². The van der Waals surface area contributed by atoms with Crippen molar-refractivity contribution in [3.05, 3.63) is 71.1 Å². The van der Waals surface area contributed by atoms with Gasteiger partial charge in [-0.2, -0.15) is 13.2 Å². The summed E-state index contributed by atoms with van der Waals surface area (Å²) in [6.45, 7) is 0.528. The highest BCUT2D eigenvalue weighted by atomic mass is 32.2. The molecule has 166 valence electrons. The monoisotopic (exact) mass is 456 g/mol. The van der Waals surface area contributed by atoms with Gasteiger partial charge >= 0.3 is 12.1 Å². The Balaban J connectivity index is 1.83. The van der Waals surface area contributed by atoms with E-state index in [4.69, 9.17) is 4.74 Å². The number of sulfonamides is 1. The lowest BCUT2D eigenvalue weighted by atomic mass is 10.2. The second-order valence-corrected chi connectivity index (χ2v) is 7.93. The van der Waals surface area contributed by atoms with Crippen molar-refractivity contribution in [3.8, 4) is 0 Å². The van der Waals surface area contributed by atoms with Crippen molar-refractivity contribution in [1.82, 2.24) is 4.72 Å². The van der Waals surface area contributed by atoms with E-state index in [0.717, 1.165) is 29.7 Å². The number of benzene rings is 2. The number of hydrogen-bond acceptors (Lipinski definition) is 5. The third kappa shape index (κ3) is 8.22. The van der Waals surface area contributed by atoms with E-state index < -0.39 is 46.3 Å². The minimum atomic E-state index is -4.50. The maximum absolute atomic E-state index is 12.5. The topological polar surface area (TPSA) is 102 Å². The summed E-state index contributed by atoms with van der Waals surface area (Å²) in [5, 5.41) is 3.19. The first-order valence-corrected chi connectivity index (χ1v) is 10.4. The van der Waals surface area contributed by atoms with Crippen LogP contribution in [0.4, 0.5) is 18.9 Å². The third-order valence-electron chi connectivity index (χ3n) is 3.81. The van der Waals surface area contributed by atoms with Crippen LogP contribution < -0.4 is 10.0 Å². The van der Waals surface area contributed by atoms with Gasteiger partial charge in [-0.15, -0.1) is 0 Å². The van der Waals surface area contributed by atoms with Crippen LogP contribution in [0.3, 0.4) is 0 Å². The molecule has 0 aliphatic heterocycles. The summed E-state index contributed by atoms with van der Waals surface area (Å²) in [7, 11) is -3.92. The molecule has 1 unspecified atom stereocenters. The van der Waals surface area contributed by atoms with E-state index in [1.165, 1.54) is 13.0 Å². The molecule has 1 amide bonds. The first kappa shape index (κ1) is 24.1. The van der Waals surface area contributed by atoms with E-state index in [1.54, 1.807) is 30.3 Å². The van der Waals surface area contributed by atoms with Crippen LogP contribution in [0.25, 0.3) is 6.08 Å². The molecule has 11 heteroatoms. The van der Waals surface area contributed by atoms with Crippen LogP contribution in [0, 0.1) is 0 Å². The largest absolute Gasteiger partial charge is 0.452 e. The molecule has 2 rings (SSSR count). The Bertz CT molecular complexity index is 1040. The number of anilines is 1. The molecule has 0 bridgehead atoms. The molecular weight excluding hydrogens is 437 g/mol. The summed E-state index contributed by atoms with van der Waals surface area (Å²) in [4.78, 5) is 23.8. The Morgan fingerprint density at radius 2 is 1.68 bits per heavy atom. The number of carbonyl (C=O) groups excluding carboxylic acids is 2. The summed E-state index contributed by atoms with van der Waals surface area (Å²) in [6.07, 6.45) is -4.47. The third-order valence-corrected chi connectivity index (χ3v) is 4.86. The maximum atomic E-state index is 12.5. The Labute approximate surface area is 177 Å². The minimum Gasteiger partial charge on any atom is -0.452 e. The molecule has 0 heterocycles. The number of halogens is 3. The van der Waals surface area contributed by atoms with Gasteiger partial charge in [0.15, 0.2) is 6.10 Å². The molecule has 0 aromatic heterocycles. The van der Waals surface area contributed by atoms with Crippen LogP contribution in [-0.4, -0.2) is 32.9 Å². The molecule has 0 aliphatic rings. The van der Waals surface area contributed by atoms with Crippen LogP contribution in [0.15, 0.2) is 60.0 Å². The zero-order valence-corrected chi connectivity index (χ0v) is 17.0. The molecule has 2 N–H and O–H groups in total. The van der Waals surface area contributed by atoms with Gasteiger partial charge in [-0.25, -0.2) is 13.1 Å². The summed E-state index contributed by atoms with van der Waals surface area (Å²) >= 11 is 0. The molecule has 2 aromatic rings. The van der Waals surface area contributed by atoms with Gasteiger partial charge in [0.1, 0.15) is 6.54 Å². The number of carbonyl (C=O) groups is 2. The highest BCUT2D eigenvalue weighted by Gasteiger charge is 2.30. The predicted octanol–water partition coefficient (Wildman–Crippen LogP) is 3.17. The lowest BCUT2D eigenvalue weighted by Crippen LogP contribution is -2.35. The SMILES string of the molecule is CC(OC(=O)CNS(=O)(=O)/C=C/c1ccccc1)C(=O)Nc1ccc(C(F)(F)F)cc1. The molecule has 0 radical (unpaired) electrons. The van der Waals surface area contributed by atoms with Crippen molar-refractivity contribution in [1.29, 1.82) is 0 Å². The number of rotatable bonds is 8. The number of ether oxygens (including phenoxy) is 1. The quantitative estimate of drug-likeness (QED) is 0.595. The number of esters is 1. The van der Waals surface area contributed by atoms with E-state index in [0.29, 0.717) is 5.56 Å².